The van der Waals surface area contributed by atoms with E-state index >= 15 is 0 Å². The van der Waals surface area contributed by atoms with Crippen LogP contribution in [0.4, 0.5) is 0 Å². The Morgan fingerprint density at radius 2 is 1.83 bits per heavy atom. The van der Waals surface area contributed by atoms with Gasteiger partial charge in [0.05, 0.1) is 6.61 Å². The molecular weight excluding hydrogens is 501 g/mol. The predicted molar refractivity (Wildman–Crippen MR) is 138 cm³/mol. The first-order chi connectivity index (χ1) is 17.4. The highest BCUT2D eigenvalue weighted by atomic mass is 35.5. The van der Waals surface area contributed by atoms with Gasteiger partial charge in [-0.1, -0.05) is 48.7 Å². The Kier molecular flexibility index (Phi) is 7.09. The normalized spacial score (nSPS) is 22.8. The summed E-state index contributed by atoms with van der Waals surface area (Å²) in [5.74, 6) is -0.760. The fourth-order valence-corrected chi connectivity index (χ4v) is 5.65. The number of ketones is 1. The van der Waals surface area contributed by atoms with E-state index in [1.165, 1.54) is 0 Å². The molecule has 2 aliphatic heterocycles. The van der Waals surface area contributed by atoms with Gasteiger partial charge >= 0.3 is 5.97 Å². The predicted octanol–water partition coefficient (Wildman–Crippen LogP) is 6.64. The molecule has 0 saturated carbocycles. The molecule has 5 rings (SSSR count). The minimum atomic E-state index is -0.755. The first-order valence-corrected chi connectivity index (χ1v) is 13.0. The largest absolute Gasteiger partial charge is 0.465 e. The van der Waals surface area contributed by atoms with Gasteiger partial charge in [-0.3, -0.25) is 14.6 Å². The van der Waals surface area contributed by atoms with E-state index in [0.717, 1.165) is 18.4 Å². The number of unbranched alkanes of at least 4 members (excludes halogenated alkanes) is 1. The molecule has 8 heteroatoms. The number of esters is 1. The van der Waals surface area contributed by atoms with Gasteiger partial charge in [0.1, 0.15) is 5.92 Å². The maximum Gasteiger partial charge on any atom is 0.315 e. The van der Waals surface area contributed by atoms with Crippen molar-refractivity contribution in [2.75, 3.05) is 13.4 Å². The summed E-state index contributed by atoms with van der Waals surface area (Å²) in [7, 11) is 0. The van der Waals surface area contributed by atoms with Crippen molar-refractivity contribution >= 4 is 40.7 Å². The van der Waals surface area contributed by atoms with Crippen LogP contribution in [0.25, 0.3) is 0 Å². The maximum absolute atomic E-state index is 13.7. The summed E-state index contributed by atoms with van der Waals surface area (Å²) < 4.78 is 16.7. The van der Waals surface area contributed by atoms with E-state index < -0.39 is 17.8 Å². The summed E-state index contributed by atoms with van der Waals surface area (Å²) in [4.78, 5) is 31.9. The molecule has 0 fully saturated rings. The second-order valence-electron chi connectivity index (χ2n) is 9.40. The molecule has 0 amide bonds. The number of benzene rings is 2. The lowest BCUT2D eigenvalue weighted by Gasteiger charge is -2.37. The van der Waals surface area contributed by atoms with E-state index in [0.29, 0.717) is 63.5 Å². The van der Waals surface area contributed by atoms with Crippen LogP contribution >= 0.6 is 23.2 Å². The Balaban J connectivity index is 1.58. The van der Waals surface area contributed by atoms with Crippen molar-refractivity contribution in [3.05, 3.63) is 68.8 Å². The maximum atomic E-state index is 13.7. The Labute approximate surface area is 220 Å². The fourth-order valence-electron chi connectivity index (χ4n) is 5.25. The number of rotatable bonds is 6. The molecule has 0 bridgehead atoms. The number of hydrogen-bond donors (Lipinski definition) is 0. The number of carbonyl (C=O) groups excluding carboxylic acids is 2. The van der Waals surface area contributed by atoms with Crippen molar-refractivity contribution in [3.63, 3.8) is 0 Å². The van der Waals surface area contributed by atoms with Gasteiger partial charge in [-0.25, -0.2) is 0 Å². The molecule has 0 N–H and O–H groups in total. The smallest absolute Gasteiger partial charge is 0.315 e. The van der Waals surface area contributed by atoms with Gasteiger partial charge in [-0.05, 0) is 55.0 Å². The highest BCUT2D eigenvalue weighted by Crippen LogP contribution is 2.50. The van der Waals surface area contributed by atoms with Crippen LogP contribution in [0.5, 0.6) is 11.5 Å². The van der Waals surface area contributed by atoms with Crippen LogP contribution in [0.1, 0.15) is 62.5 Å². The number of halogens is 2. The zero-order valence-corrected chi connectivity index (χ0v) is 21.7. The summed E-state index contributed by atoms with van der Waals surface area (Å²) >= 11 is 12.8. The molecule has 188 valence electrons. The molecule has 0 aromatic heterocycles. The van der Waals surface area contributed by atoms with Gasteiger partial charge in [0.15, 0.2) is 17.3 Å². The third kappa shape index (κ3) is 4.64. The molecule has 2 aromatic carbocycles. The number of nitrogens with zero attached hydrogens (tertiary/aromatic N) is 1. The number of aliphatic imine (C=N–C) groups is 1. The molecule has 1 unspecified atom stereocenters. The molecule has 36 heavy (non-hydrogen) atoms. The van der Waals surface area contributed by atoms with Gasteiger partial charge in [0, 0.05) is 45.4 Å². The number of fused-ring (bicyclic) bond motifs is 1. The van der Waals surface area contributed by atoms with Gasteiger partial charge < -0.3 is 14.2 Å². The number of ether oxygens (including phenoxy) is 3. The Hall–Kier alpha value is -2.83. The summed E-state index contributed by atoms with van der Waals surface area (Å²) in [5, 5.41) is 1.05. The summed E-state index contributed by atoms with van der Waals surface area (Å²) in [6.45, 7) is 4.27. The van der Waals surface area contributed by atoms with Crippen molar-refractivity contribution in [2.24, 2.45) is 10.9 Å². The Morgan fingerprint density at radius 1 is 1.11 bits per heavy atom. The highest BCUT2D eigenvalue weighted by molar-refractivity contribution is 6.32. The topological polar surface area (TPSA) is 74.2 Å². The van der Waals surface area contributed by atoms with Crippen LogP contribution in [-0.2, 0) is 14.3 Å². The van der Waals surface area contributed by atoms with Crippen LogP contribution in [0, 0.1) is 5.92 Å². The standard InChI is InChI=1S/C28H27Cl2NO5/c1-3-4-9-34-28(33)25-15(2)31-21-10-17(16-5-7-18(29)8-6-16)11-22(32)27(21)26(25)19-12-23-24(13-20(19)30)36-14-35-23/h5-8,12-13,17,25-26H,3-4,9-11,14H2,1-2H3/t17-,25?,26-/m1/s1. The first-order valence-electron chi connectivity index (χ1n) is 12.2. The first kappa shape index (κ1) is 24.8. The number of Topliss-reactive ketones (excluding diaryl/α,β-unsaturated/α-hetero) is 1. The summed E-state index contributed by atoms with van der Waals surface area (Å²) in [6.07, 6.45) is 2.56. The average molecular weight is 528 g/mol. The third-order valence-electron chi connectivity index (χ3n) is 7.05. The van der Waals surface area contributed by atoms with E-state index in [4.69, 9.17) is 42.4 Å². The molecular formula is C28H27Cl2NO5. The van der Waals surface area contributed by atoms with E-state index in [1.54, 1.807) is 12.1 Å². The molecule has 0 saturated heterocycles. The number of hydrogen-bond acceptors (Lipinski definition) is 6. The van der Waals surface area contributed by atoms with Crippen LogP contribution in [-0.4, -0.2) is 30.9 Å². The van der Waals surface area contributed by atoms with Crippen molar-refractivity contribution in [3.8, 4) is 11.5 Å². The molecule has 1 aliphatic carbocycles. The van der Waals surface area contributed by atoms with E-state index in [-0.39, 0.29) is 18.5 Å². The fraction of sp³-hybridized carbons (Fsp3) is 0.393. The SMILES string of the molecule is CCCCOC(=O)C1C(C)=NC2=C(C(=O)C[C@H](c3ccc(Cl)cc3)C2)[C@@H]1c1cc2c(cc1Cl)OCO2. The Bertz CT molecular complexity index is 1270. The van der Waals surface area contributed by atoms with Crippen molar-refractivity contribution in [2.45, 2.75) is 51.4 Å². The van der Waals surface area contributed by atoms with Gasteiger partial charge in [0.25, 0.3) is 0 Å². The van der Waals surface area contributed by atoms with Crippen molar-refractivity contribution in [1.82, 2.24) is 0 Å². The van der Waals surface area contributed by atoms with E-state index in [2.05, 4.69) is 0 Å². The van der Waals surface area contributed by atoms with Gasteiger partial charge in [-0.2, -0.15) is 0 Å². The van der Waals surface area contributed by atoms with Crippen molar-refractivity contribution < 1.29 is 23.8 Å². The molecule has 3 aliphatic rings. The summed E-state index contributed by atoms with van der Waals surface area (Å²) in [6, 6.07) is 11.0. The zero-order valence-electron chi connectivity index (χ0n) is 20.2. The quantitative estimate of drug-likeness (QED) is 0.311. The van der Waals surface area contributed by atoms with Gasteiger partial charge in [0.2, 0.25) is 6.79 Å². The summed E-state index contributed by atoms with van der Waals surface area (Å²) in [5.41, 5.74) is 3.51. The van der Waals surface area contributed by atoms with E-state index in [1.807, 2.05) is 38.1 Å². The third-order valence-corrected chi connectivity index (χ3v) is 7.63. The Morgan fingerprint density at radius 3 is 2.56 bits per heavy atom. The zero-order chi connectivity index (χ0) is 25.4. The monoisotopic (exact) mass is 527 g/mol. The van der Waals surface area contributed by atoms with Gasteiger partial charge in [-0.15, -0.1) is 0 Å². The highest BCUT2D eigenvalue weighted by Gasteiger charge is 2.46. The van der Waals surface area contributed by atoms with Crippen LogP contribution in [0.2, 0.25) is 10.0 Å². The lowest BCUT2D eigenvalue weighted by atomic mass is 9.69. The average Bonchev–Trinajstić information content (AvgIpc) is 3.30. The molecule has 6 nitrogen and oxygen atoms in total. The minimum Gasteiger partial charge on any atom is -0.465 e. The van der Waals surface area contributed by atoms with Crippen molar-refractivity contribution in [1.29, 1.82) is 0 Å². The lowest BCUT2D eigenvalue weighted by molar-refractivity contribution is -0.146. The van der Waals surface area contributed by atoms with Crippen LogP contribution in [0.3, 0.4) is 0 Å². The van der Waals surface area contributed by atoms with Crippen LogP contribution < -0.4 is 9.47 Å². The minimum absolute atomic E-state index is 0.0222. The molecule has 3 atom stereocenters. The molecule has 0 spiro atoms. The number of allylic oxidation sites excluding steroid dienone is 2. The van der Waals surface area contributed by atoms with E-state index in [9.17, 15) is 9.59 Å². The second-order valence-corrected chi connectivity index (χ2v) is 10.2. The lowest BCUT2D eigenvalue weighted by Crippen LogP contribution is -2.38. The second kappa shape index (κ2) is 10.3. The molecule has 0 radical (unpaired) electrons. The van der Waals surface area contributed by atoms with Crippen LogP contribution in [0.15, 0.2) is 52.7 Å². The molecule has 2 heterocycles. The molecule has 2 aromatic rings. The number of carbonyl (C=O) groups is 2.